The molecule has 0 atom stereocenters. The minimum Gasteiger partial charge on any atom is -0.377 e. The zero-order valence-corrected chi connectivity index (χ0v) is 8.10. The van der Waals surface area contributed by atoms with Gasteiger partial charge in [0.2, 0.25) is 0 Å². The molecule has 0 saturated carbocycles. The van der Waals surface area contributed by atoms with Gasteiger partial charge in [-0.1, -0.05) is 18.2 Å². The van der Waals surface area contributed by atoms with Gasteiger partial charge in [-0.15, -0.1) is 0 Å². The van der Waals surface area contributed by atoms with Crippen molar-refractivity contribution in [3.05, 3.63) is 30.0 Å². The Hall–Kier alpha value is -1.35. The van der Waals surface area contributed by atoms with E-state index < -0.39 is 0 Å². The highest BCUT2D eigenvalue weighted by atomic mass is 16.5. The van der Waals surface area contributed by atoms with Crippen molar-refractivity contribution in [1.82, 2.24) is 9.78 Å². The summed E-state index contributed by atoms with van der Waals surface area (Å²) in [5.74, 6) is 0. The van der Waals surface area contributed by atoms with Crippen LogP contribution < -0.4 is 0 Å². The summed E-state index contributed by atoms with van der Waals surface area (Å²) < 4.78 is 7.18. The fourth-order valence-corrected chi connectivity index (χ4v) is 1.77. The first kappa shape index (κ1) is 8.00. The molecule has 0 bridgehead atoms. The van der Waals surface area contributed by atoms with Gasteiger partial charge >= 0.3 is 0 Å². The van der Waals surface area contributed by atoms with Gasteiger partial charge in [0.05, 0.1) is 24.8 Å². The topological polar surface area (TPSA) is 27.1 Å². The molecule has 1 fully saturated rings. The third-order valence-corrected chi connectivity index (χ3v) is 2.75. The van der Waals surface area contributed by atoms with E-state index in [1.165, 1.54) is 10.9 Å². The molecule has 1 aliphatic heterocycles. The summed E-state index contributed by atoms with van der Waals surface area (Å²) in [6.45, 7) is 3.69. The number of aryl methyl sites for hydroxylation is 1. The van der Waals surface area contributed by atoms with Crippen molar-refractivity contribution in [1.29, 1.82) is 0 Å². The molecular formula is C11H12N2O. The predicted molar refractivity (Wildman–Crippen MR) is 54.3 cm³/mol. The van der Waals surface area contributed by atoms with Gasteiger partial charge in [0, 0.05) is 11.6 Å². The summed E-state index contributed by atoms with van der Waals surface area (Å²) in [7, 11) is 0. The standard InChI is InChI=1S/C11H12N2O/c1-8-3-2-4-9-5-13(12-11(8)9)10-6-14-7-10/h2-5,10H,6-7H2,1H3. The van der Waals surface area contributed by atoms with Gasteiger partial charge in [-0.25, -0.2) is 0 Å². The SMILES string of the molecule is Cc1cccc2cn(C3COC3)nc12. The minimum absolute atomic E-state index is 0.446. The Balaban J connectivity index is 2.15. The van der Waals surface area contributed by atoms with Crippen LogP contribution in [-0.2, 0) is 4.74 Å². The maximum Gasteiger partial charge on any atom is 0.0985 e. The summed E-state index contributed by atoms with van der Waals surface area (Å²) in [4.78, 5) is 0. The first-order chi connectivity index (χ1) is 6.84. The molecule has 0 N–H and O–H groups in total. The monoisotopic (exact) mass is 188 g/mol. The van der Waals surface area contributed by atoms with Crippen LogP contribution >= 0.6 is 0 Å². The molecule has 1 saturated heterocycles. The summed E-state index contributed by atoms with van der Waals surface area (Å²) in [6, 6.07) is 6.71. The van der Waals surface area contributed by atoms with Gasteiger partial charge in [-0.3, -0.25) is 4.68 Å². The third-order valence-electron chi connectivity index (χ3n) is 2.75. The third kappa shape index (κ3) is 1.06. The lowest BCUT2D eigenvalue weighted by Gasteiger charge is -2.25. The van der Waals surface area contributed by atoms with E-state index in [0.717, 1.165) is 18.7 Å². The van der Waals surface area contributed by atoms with E-state index in [-0.39, 0.29) is 0 Å². The Morgan fingerprint density at radius 2 is 2.29 bits per heavy atom. The number of benzene rings is 1. The summed E-state index contributed by atoms with van der Waals surface area (Å²) in [6.07, 6.45) is 2.11. The smallest absolute Gasteiger partial charge is 0.0985 e. The van der Waals surface area contributed by atoms with E-state index in [9.17, 15) is 0 Å². The molecule has 1 aromatic carbocycles. The number of hydrogen-bond donors (Lipinski definition) is 0. The van der Waals surface area contributed by atoms with Crippen molar-refractivity contribution in [2.24, 2.45) is 0 Å². The fraction of sp³-hybridized carbons (Fsp3) is 0.364. The molecule has 72 valence electrons. The van der Waals surface area contributed by atoms with E-state index in [2.05, 4.69) is 36.4 Å². The average Bonchev–Trinajstić information content (AvgIpc) is 2.46. The minimum atomic E-state index is 0.446. The zero-order chi connectivity index (χ0) is 9.54. The highest BCUT2D eigenvalue weighted by Crippen LogP contribution is 2.21. The summed E-state index contributed by atoms with van der Waals surface area (Å²) in [5, 5.41) is 5.79. The molecule has 14 heavy (non-hydrogen) atoms. The molecule has 3 nitrogen and oxygen atoms in total. The maximum atomic E-state index is 5.15. The van der Waals surface area contributed by atoms with Crippen molar-refractivity contribution < 1.29 is 4.74 Å². The second-order valence-corrected chi connectivity index (χ2v) is 3.81. The number of hydrogen-bond acceptors (Lipinski definition) is 2. The van der Waals surface area contributed by atoms with Gasteiger partial charge in [-0.2, -0.15) is 5.10 Å². The summed E-state index contributed by atoms with van der Waals surface area (Å²) >= 11 is 0. The van der Waals surface area contributed by atoms with E-state index in [4.69, 9.17) is 4.74 Å². The number of fused-ring (bicyclic) bond motifs is 1. The van der Waals surface area contributed by atoms with E-state index in [1.54, 1.807) is 0 Å². The van der Waals surface area contributed by atoms with Crippen molar-refractivity contribution in [2.45, 2.75) is 13.0 Å². The Morgan fingerprint density at radius 3 is 2.93 bits per heavy atom. The van der Waals surface area contributed by atoms with E-state index in [0.29, 0.717) is 6.04 Å². The van der Waals surface area contributed by atoms with Crippen LogP contribution in [0.25, 0.3) is 10.9 Å². The Kier molecular flexibility index (Phi) is 1.61. The molecular weight excluding hydrogens is 176 g/mol. The molecule has 0 radical (unpaired) electrons. The average molecular weight is 188 g/mol. The largest absolute Gasteiger partial charge is 0.377 e. The molecule has 0 aliphatic carbocycles. The lowest BCUT2D eigenvalue weighted by atomic mass is 10.2. The number of nitrogens with zero attached hydrogens (tertiary/aromatic N) is 2. The number of rotatable bonds is 1. The molecule has 2 aromatic rings. The summed E-state index contributed by atoms with van der Waals surface area (Å²) in [5.41, 5.74) is 2.35. The van der Waals surface area contributed by atoms with Crippen LogP contribution in [0.4, 0.5) is 0 Å². The second-order valence-electron chi connectivity index (χ2n) is 3.81. The van der Waals surface area contributed by atoms with Crippen LogP contribution in [0, 0.1) is 6.92 Å². The van der Waals surface area contributed by atoms with Crippen LogP contribution in [0.2, 0.25) is 0 Å². The Morgan fingerprint density at radius 1 is 1.43 bits per heavy atom. The number of aromatic nitrogens is 2. The molecule has 2 heterocycles. The van der Waals surface area contributed by atoms with Crippen LogP contribution in [0.5, 0.6) is 0 Å². The maximum absolute atomic E-state index is 5.15. The van der Waals surface area contributed by atoms with Crippen molar-refractivity contribution in [3.8, 4) is 0 Å². The van der Waals surface area contributed by atoms with Gasteiger partial charge in [0.15, 0.2) is 0 Å². The fourth-order valence-electron chi connectivity index (χ4n) is 1.77. The van der Waals surface area contributed by atoms with Crippen LogP contribution in [0.15, 0.2) is 24.4 Å². The molecule has 3 rings (SSSR count). The molecule has 1 aliphatic rings. The Labute approximate surface area is 82.3 Å². The quantitative estimate of drug-likeness (QED) is 0.683. The molecule has 3 heteroatoms. The van der Waals surface area contributed by atoms with Crippen molar-refractivity contribution in [3.63, 3.8) is 0 Å². The van der Waals surface area contributed by atoms with Gasteiger partial charge in [-0.05, 0) is 12.5 Å². The van der Waals surface area contributed by atoms with Crippen LogP contribution in [0.1, 0.15) is 11.6 Å². The highest BCUT2D eigenvalue weighted by Gasteiger charge is 2.21. The number of ether oxygens (including phenoxy) is 1. The lowest BCUT2D eigenvalue weighted by molar-refractivity contribution is -0.0283. The highest BCUT2D eigenvalue weighted by molar-refractivity contribution is 5.81. The van der Waals surface area contributed by atoms with Crippen LogP contribution in [0.3, 0.4) is 0 Å². The van der Waals surface area contributed by atoms with Gasteiger partial charge in [0.1, 0.15) is 0 Å². The van der Waals surface area contributed by atoms with Crippen molar-refractivity contribution >= 4 is 10.9 Å². The lowest BCUT2D eigenvalue weighted by Crippen LogP contribution is -2.30. The molecule has 1 aromatic heterocycles. The first-order valence-corrected chi connectivity index (χ1v) is 4.87. The van der Waals surface area contributed by atoms with Crippen LogP contribution in [-0.4, -0.2) is 23.0 Å². The van der Waals surface area contributed by atoms with Gasteiger partial charge < -0.3 is 4.74 Å². The normalized spacial score (nSPS) is 17.2. The predicted octanol–water partition coefficient (Wildman–Crippen LogP) is 1.92. The molecule has 0 unspecified atom stereocenters. The zero-order valence-electron chi connectivity index (χ0n) is 8.10. The van der Waals surface area contributed by atoms with E-state index >= 15 is 0 Å². The second kappa shape index (κ2) is 2.82. The van der Waals surface area contributed by atoms with Gasteiger partial charge in [0.25, 0.3) is 0 Å². The van der Waals surface area contributed by atoms with E-state index in [1.807, 2.05) is 4.68 Å². The first-order valence-electron chi connectivity index (χ1n) is 4.87. The Bertz CT molecular complexity index is 471. The molecule has 0 spiro atoms. The molecule has 0 amide bonds. The van der Waals surface area contributed by atoms with Crippen molar-refractivity contribution in [2.75, 3.05) is 13.2 Å².